The average Bonchev–Trinajstić information content (AvgIpc) is 3.00. The van der Waals surface area contributed by atoms with Gasteiger partial charge in [-0.25, -0.2) is 0 Å². The number of carbonyl (C=O) groups is 2. The third-order valence-electron chi connectivity index (χ3n) is 4.00. The van der Waals surface area contributed by atoms with Gasteiger partial charge in [0.05, 0.1) is 0 Å². The monoisotopic (exact) mass is 324 g/mol. The van der Waals surface area contributed by atoms with Crippen molar-refractivity contribution >= 4 is 28.3 Å². The molecule has 7 heteroatoms. The molecule has 122 valence electrons. The topological polar surface area (TPSA) is 75.2 Å². The number of hydrogen-bond acceptors (Lipinski definition) is 5. The molecule has 1 saturated heterocycles. The zero-order chi connectivity index (χ0) is 15.9. The predicted molar refractivity (Wildman–Crippen MR) is 86.8 cm³/mol. The van der Waals surface area contributed by atoms with Crippen LogP contribution >= 0.6 is 11.3 Å². The fraction of sp³-hybridized carbons (Fsp3) is 0.733. The maximum absolute atomic E-state index is 12.3. The van der Waals surface area contributed by atoms with E-state index in [4.69, 9.17) is 0 Å². The number of carbonyl (C=O) groups excluding carboxylic acids is 2. The van der Waals surface area contributed by atoms with Gasteiger partial charge in [0, 0.05) is 25.4 Å². The fourth-order valence-corrected chi connectivity index (χ4v) is 3.44. The second-order valence-corrected chi connectivity index (χ2v) is 6.61. The Morgan fingerprint density at radius 1 is 1.27 bits per heavy atom. The van der Waals surface area contributed by atoms with Crippen LogP contribution in [0.15, 0.2) is 0 Å². The van der Waals surface area contributed by atoms with Gasteiger partial charge >= 0.3 is 0 Å². The Morgan fingerprint density at radius 3 is 2.77 bits per heavy atom. The summed E-state index contributed by atoms with van der Waals surface area (Å²) in [4.78, 5) is 26.2. The third-order valence-corrected chi connectivity index (χ3v) is 4.98. The third kappa shape index (κ3) is 4.50. The Bertz CT molecular complexity index is 517. The molecule has 6 nitrogen and oxygen atoms in total. The molecule has 1 fully saturated rings. The van der Waals surface area contributed by atoms with Crippen LogP contribution in [-0.4, -0.2) is 39.5 Å². The van der Waals surface area contributed by atoms with Crippen molar-refractivity contribution in [2.45, 2.75) is 64.8 Å². The molecule has 1 unspecified atom stereocenters. The van der Waals surface area contributed by atoms with Crippen molar-refractivity contribution < 1.29 is 9.59 Å². The van der Waals surface area contributed by atoms with Crippen LogP contribution < -0.4 is 5.32 Å². The quantitative estimate of drug-likeness (QED) is 0.873. The van der Waals surface area contributed by atoms with Crippen LogP contribution in [0, 0.1) is 0 Å². The minimum absolute atomic E-state index is 0.0909. The van der Waals surface area contributed by atoms with Crippen molar-refractivity contribution in [2.75, 3.05) is 11.9 Å². The lowest BCUT2D eigenvalue weighted by molar-refractivity contribution is -0.136. The van der Waals surface area contributed by atoms with Crippen molar-refractivity contribution in [3.63, 3.8) is 0 Å². The lowest BCUT2D eigenvalue weighted by Crippen LogP contribution is -2.43. The lowest BCUT2D eigenvalue weighted by Gasteiger charge is -2.35. The van der Waals surface area contributed by atoms with Crippen LogP contribution in [0.25, 0.3) is 0 Å². The summed E-state index contributed by atoms with van der Waals surface area (Å²) in [5.41, 5.74) is 0. The molecular formula is C15H24N4O2S. The van der Waals surface area contributed by atoms with Gasteiger partial charge in [-0.05, 0) is 32.1 Å². The summed E-state index contributed by atoms with van der Waals surface area (Å²) in [6.07, 6.45) is 5.61. The molecule has 1 aliphatic heterocycles. The minimum atomic E-state index is -0.169. The van der Waals surface area contributed by atoms with Crippen molar-refractivity contribution in [1.82, 2.24) is 15.1 Å². The van der Waals surface area contributed by atoms with Crippen molar-refractivity contribution in [1.29, 1.82) is 0 Å². The van der Waals surface area contributed by atoms with Crippen molar-refractivity contribution in [3.05, 3.63) is 5.01 Å². The number of piperidine rings is 1. The minimum Gasteiger partial charge on any atom is -0.340 e. The highest BCUT2D eigenvalue weighted by molar-refractivity contribution is 7.15. The second kappa shape index (κ2) is 8.22. The molecule has 0 spiro atoms. The lowest BCUT2D eigenvalue weighted by atomic mass is 9.99. The van der Waals surface area contributed by atoms with Crippen molar-refractivity contribution in [2.24, 2.45) is 0 Å². The molecule has 1 aromatic rings. The Labute approximate surface area is 135 Å². The van der Waals surface area contributed by atoms with Gasteiger partial charge in [-0.1, -0.05) is 25.2 Å². The highest BCUT2D eigenvalue weighted by Crippen LogP contribution is 2.21. The van der Waals surface area contributed by atoms with E-state index in [1.807, 2.05) is 11.8 Å². The van der Waals surface area contributed by atoms with E-state index in [1.165, 1.54) is 17.8 Å². The zero-order valence-electron chi connectivity index (χ0n) is 13.3. The van der Waals surface area contributed by atoms with Gasteiger partial charge in [0.2, 0.25) is 16.9 Å². The highest BCUT2D eigenvalue weighted by Gasteiger charge is 2.25. The van der Waals surface area contributed by atoms with Crippen LogP contribution in [0.1, 0.15) is 57.4 Å². The van der Waals surface area contributed by atoms with Gasteiger partial charge in [0.15, 0.2) is 0 Å². The van der Waals surface area contributed by atoms with Gasteiger partial charge in [-0.2, -0.15) is 0 Å². The Kier molecular flexibility index (Phi) is 6.30. The number of likely N-dealkylation sites (tertiary alicyclic amines) is 1. The molecule has 0 aromatic carbocycles. The summed E-state index contributed by atoms with van der Waals surface area (Å²) >= 11 is 1.38. The Morgan fingerprint density at radius 2 is 2.09 bits per heavy atom. The molecule has 2 rings (SSSR count). The molecule has 1 atom stereocenters. The van der Waals surface area contributed by atoms with Crippen LogP contribution in [0.2, 0.25) is 0 Å². The number of aromatic nitrogens is 2. The largest absolute Gasteiger partial charge is 0.340 e. The molecule has 2 heterocycles. The SMILES string of the molecule is CCc1nnc(NC(=O)CCC(=O)N2CCCCC2CC)s1. The molecule has 0 saturated carbocycles. The van der Waals surface area contributed by atoms with Crippen LogP contribution in [0.3, 0.4) is 0 Å². The summed E-state index contributed by atoms with van der Waals surface area (Å²) in [6.45, 7) is 4.94. The molecular weight excluding hydrogens is 300 g/mol. The molecule has 1 aromatic heterocycles. The maximum atomic E-state index is 12.3. The van der Waals surface area contributed by atoms with E-state index in [0.29, 0.717) is 11.2 Å². The molecule has 2 amide bonds. The van der Waals surface area contributed by atoms with Gasteiger partial charge in [-0.15, -0.1) is 10.2 Å². The first-order valence-corrected chi connectivity index (χ1v) is 8.87. The first-order valence-electron chi connectivity index (χ1n) is 8.05. The Balaban J connectivity index is 1.78. The average molecular weight is 324 g/mol. The first-order chi connectivity index (χ1) is 10.6. The van der Waals surface area contributed by atoms with E-state index in [0.717, 1.165) is 37.2 Å². The number of rotatable bonds is 6. The van der Waals surface area contributed by atoms with Crippen LogP contribution in [0.5, 0.6) is 0 Å². The molecule has 1 N–H and O–H groups in total. The van der Waals surface area contributed by atoms with E-state index in [9.17, 15) is 9.59 Å². The molecule has 0 aliphatic carbocycles. The Hall–Kier alpha value is -1.50. The van der Waals surface area contributed by atoms with Gasteiger partial charge < -0.3 is 10.2 Å². The van der Waals surface area contributed by atoms with E-state index < -0.39 is 0 Å². The predicted octanol–water partition coefficient (Wildman–Crippen LogP) is 2.61. The molecule has 0 radical (unpaired) electrons. The smallest absolute Gasteiger partial charge is 0.226 e. The summed E-state index contributed by atoms with van der Waals surface area (Å²) in [5.74, 6) is -0.0783. The van der Waals surface area contributed by atoms with Crippen LogP contribution in [-0.2, 0) is 16.0 Å². The first kappa shape index (κ1) is 16.9. The summed E-state index contributed by atoms with van der Waals surface area (Å²) in [7, 11) is 0. The number of nitrogens with zero attached hydrogens (tertiary/aromatic N) is 3. The fourth-order valence-electron chi connectivity index (χ4n) is 2.75. The van der Waals surface area contributed by atoms with E-state index in [-0.39, 0.29) is 24.7 Å². The number of nitrogens with one attached hydrogen (secondary N) is 1. The normalized spacial score (nSPS) is 18.3. The van der Waals surface area contributed by atoms with Gasteiger partial charge in [-0.3, -0.25) is 9.59 Å². The van der Waals surface area contributed by atoms with E-state index in [1.54, 1.807) is 0 Å². The van der Waals surface area contributed by atoms with Gasteiger partial charge in [0.25, 0.3) is 0 Å². The number of aryl methyl sites for hydroxylation is 1. The van der Waals surface area contributed by atoms with Gasteiger partial charge in [0.1, 0.15) is 5.01 Å². The maximum Gasteiger partial charge on any atom is 0.226 e. The molecule has 0 bridgehead atoms. The summed E-state index contributed by atoms with van der Waals surface area (Å²) in [6, 6.07) is 0.347. The highest BCUT2D eigenvalue weighted by atomic mass is 32.1. The number of anilines is 1. The number of amides is 2. The number of hydrogen-bond donors (Lipinski definition) is 1. The summed E-state index contributed by atoms with van der Waals surface area (Å²) in [5, 5.41) is 12.0. The molecule has 1 aliphatic rings. The summed E-state index contributed by atoms with van der Waals surface area (Å²) < 4.78 is 0. The van der Waals surface area contributed by atoms with E-state index in [2.05, 4.69) is 22.4 Å². The standard InChI is InChI=1S/C15H24N4O2S/c1-3-11-7-5-6-10-19(11)14(21)9-8-12(20)16-15-18-17-13(4-2)22-15/h11H,3-10H2,1-2H3,(H,16,18,20). The van der Waals surface area contributed by atoms with Crippen molar-refractivity contribution in [3.8, 4) is 0 Å². The second-order valence-electron chi connectivity index (χ2n) is 5.55. The van der Waals surface area contributed by atoms with E-state index >= 15 is 0 Å². The zero-order valence-corrected chi connectivity index (χ0v) is 14.1. The molecule has 22 heavy (non-hydrogen) atoms. The van der Waals surface area contributed by atoms with Crippen LogP contribution in [0.4, 0.5) is 5.13 Å².